The van der Waals surface area contributed by atoms with Crippen molar-refractivity contribution >= 4 is 38.9 Å². The number of ketones is 1. The van der Waals surface area contributed by atoms with Crippen LogP contribution in [0, 0.1) is 0 Å². The fourth-order valence-corrected chi connectivity index (χ4v) is 4.44. The van der Waals surface area contributed by atoms with Crippen LogP contribution in [0.3, 0.4) is 0 Å². The predicted molar refractivity (Wildman–Crippen MR) is 127 cm³/mol. The van der Waals surface area contributed by atoms with E-state index in [0.717, 1.165) is 10.4 Å². The molecule has 0 bridgehead atoms. The molecule has 0 aliphatic heterocycles. The van der Waals surface area contributed by atoms with Crippen LogP contribution in [-0.4, -0.2) is 33.2 Å². The molecule has 1 N–H and O–H groups in total. The number of halogens is 1. The molecule has 0 amide bonds. The van der Waals surface area contributed by atoms with E-state index in [-0.39, 0.29) is 24.5 Å². The van der Waals surface area contributed by atoms with Gasteiger partial charge in [-0.3, -0.25) is 14.2 Å². The number of hydrogen-bond acceptors (Lipinski definition) is 6. The summed E-state index contributed by atoms with van der Waals surface area (Å²) in [6.07, 6.45) is 0.981. The number of thiophene rings is 1. The molecule has 0 aliphatic carbocycles. The van der Waals surface area contributed by atoms with Crippen LogP contribution in [0.4, 0.5) is 0 Å². The molecule has 32 heavy (non-hydrogen) atoms. The van der Waals surface area contributed by atoms with Crippen molar-refractivity contribution in [2.45, 2.75) is 26.0 Å². The fraction of sp³-hybridized carbons (Fsp3) is 0.208. The molecule has 0 saturated heterocycles. The molecule has 1 unspecified atom stereocenters. The Hall–Kier alpha value is -3.00. The monoisotopic (exact) mass is 468 g/mol. The second-order valence-corrected chi connectivity index (χ2v) is 8.79. The number of Topliss-reactive ketones (excluding diaryl/α,β-unsaturated/α-hetero) is 1. The van der Waals surface area contributed by atoms with Crippen molar-refractivity contribution in [2.24, 2.45) is 0 Å². The number of fused-ring (bicyclic) bond motifs is 1. The number of hydrogen-bond donors (Lipinski definition) is 1. The highest BCUT2D eigenvalue weighted by molar-refractivity contribution is 7.22. The number of carbonyl (C=O) groups excluding carboxylic acids is 1. The van der Waals surface area contributed by atoms with Crippen LogP contribution in [0.1, 0.15) is 23.7 Å². The Bertz CT molecular complexity index is 1300. The number of carbonyl (C=O) groups is 1. The molecule has 4 aromatic rings. The van der Waals surface area contributed by atoms with Crippen LogP contribution in [0.15, 0.2) is 65.7 Å². The molecule has 0 aliphatic rings. The minimum Gasteiger partial charge on any atom is -0.491 e. The molecule has 2 aromatic carbocycles. The molecule has 2 heterocycles. The Morgan fingerprint density at radius 3 is 2.59 bits per heavy atom. The van der Waals surface area contributed by atoms with Crippen molar-refractivity contribution in [1.82, 2.24) is 9.55 Å². The smallest absolute Gasteiger partial charge is 0.271 e. The first-order valence-corrected chi connectivity index (χ1v) is 11.3. The highest BCUT2D eigenvalue weighted by atomic mass is 35.5. The van der Waals surface area contributed by atoms with Gasteiger partial charge in [0.2, 0.25) is 0 Å². The maximum Gasteiger partial charge on any atom is 0.271 e. The lowest BCUT2D eigenvalue weighted by atomic mass is 10.1. The molecular formula is C24H21ClN2O4S. The lowest BCUT2D eigenvalue weighted by Gasteiger charge is -2.14. The van der Waals surface area contributed by atoms with E-state index in [1.165, 1.54) is 22.2 Å². The molecule has 6 nitrogen and oxygen atoms in total. The van der Waals surface area contributed by atoms with Crippen LogP contribution in [-0.2, 0) is 6.54 Å². The van der Waals surface area contributed by atoms with Crippen molar-refractivity contribution in [3.63, 3.8) is 0 Å². The molecule has 0 fully saturated rings. The van der Waals surface area contributed by atoms with Crippen molar-refractivity contribution in [1.29, 1.82) is 0 Å². The first kappa shape index (κ1) is 22.2. The van der Waals surface area contributed by atoms with E-state index < -0.39 is 6.10 Å². The number of aliphatic hydroxyl groups excluding tert-OH is 1. The van der Waals surface area contributed by atoms with Gasteiger partial charge in [0.15, 0.2) is 5.78 Å². The van der Waals surface area contributed by atoms with E-state index in [1.54, 1.807) is 36.4 Å². The summed E-state index contributed by atoms with van der Waals surface area (Å²) in [7, 11) is 0. The standard InChI is InChI=1S/C24H21ClN2O4S/c1-2-21(29)15-5-9-19(10-6-15)31-13-18(28)12-27-14-26-20-11-22(32-23(20)24(27)30)16-3-7-17(25)8-4-16/h3-11,14,18,28H,2,12-13H2,1H3. The fourth-order valence-electron chi connectivity index (χ4n) is 3.25. The normalized spacial score (nSPS) is 12.1. The lowest BCUT2D eigenvalue weighted by molar-refractivity contribution is 0.0913. The van der Waals surface area contributed by atoms with Gasteiger partial charge in [-0.05, 0) is 48.0 Å². The maximum absolute atomic E-state index is 12.9. The number of aromatic nitrogens is 2. The van der Waals surface area contributed by atoms with E-state index in [2.05, 4.69) is 4.98 Å². The third kappa shape index (κ3) is 4.91. The minimum atomic E-state index is -0.903. The van der Waals surface area contributed by atoms with Gasteiger partial charge in [-0.1, -0.05) is 30.7 Å². The molecule has 1 atom stereocenters. The summed E-state index contributed by atoms with van der Waals surface area (Å²) in [4.78, 5) is 29.9. The summed E-state index contributed by atoms with van der Waals surface area (Å²) in [5.41, 5.74) is 2.00. The average molecular weight is 469 g/mol. The van der Waals surface area contributed by atoms with E-state index in [1.807, 2.05) is 25.1 Å². The Balaban J connectivity index is 1.44. The largest absolute Gasteiger partial charge is 0.491 e. The highest BCUT2D eigenvalue weighted by Crippen LogP contribution is 2.31. The van der Waals surface area contributed by atoms with Gasteiger partial charge in [-0.15, -0.1) is 11.3 Å². The zero-order chi connectivity index (χ0) is 22.7. The zero-order valence-corrected chi connectivity index (χ0v) is 18.9. The van der Waals surface area contributed by atoms with E-state index in [4.69, 9.17) is 16.3 Å². The average Bonchev–Trinajstić information content (AvgIpc) is 3.25. The summed E-state index contributed by atoms with van der Waals surface area (Å²) >= 11 is 7.31. The molecule has 2 aromatic heterocycles. The summed E-state index contributed by atoms with van der Waals surface area (Å²) in [6, 6.07) is 16.1. The molecule has 8 heteroatoms. The second kappa shape index (κ2) is 9.65. The van der Waals surface area contributed by atoms with Gasteiger partial charge in [-0.25, -0.2) is 4.98 Å². The van der Waals surface area contributed by atoms with E-state index in [9.17, 15) is 14.7 Å². The summed E-state index contributed by atoms with van der Waals surface area (Å²) in [6.45, 7) is 1.88. The number of rotatable bonds is 8. The first-order valence-electron chi connectivity index (χ1n) is 10.1. The van der Waals surface area contributed by atoms with Crippen LogP contribution in [0.2, 0.25) is 5.02 Å². The third-order valence-corrected chi connectivity index (χ3v) is 6.39. The summed E-state index contributed by atoms with van der Waals surface area (Å²) in [5, 5.41) is 11.0. The minimum absolute atomic E-state index is 0.00597. The summed E-state index contributed by atoms with van der Waals surface area (Å²) in [5.74, 6) is 0.607. The molecule has 164 valence electrons. The van der Waals surface area contributed by atoms with Crippen LogP contribution in [0.25, 0.3) is 20.7 Å². The highest BCUT2D eigenvalue weighted by Gasteiger charge is 2.14. The molecule has 0 radical (unpaired) electrons. The Labute approximate surface area is 193 Å². The molecule has 4 rings (SSSR count). The van der Waals surface area contributed by atoms with Gasteiger partial charge in [-0.2, -0.15) is 0 Å². The third-order valence-electron chi connectivity index (χ3n) is 4.98. The van der Waals surface area contributed by atoms with Crippen molar-refractivity contribution < 1.29 is 14.6 Å². The number of aliphatic hydroxyl groups is 1. The Morgan fingerprint density at radius 2 is 1.91 bits per heavy atom. The number of ether oxygens (including phenoxy) is 1. The van der Waals surface area contributed by atoms with Crippen molar-refractivity contribution in [3.05, 3.63) is 81.9 Å². The number of benzene rings is 2. The number of nitrogens with zero attached hydrogens (tertiary/aromatic N) is 2. The SMILES string of the molecule is CCC(=O)c1ccc(OCC(O)Cn2cnc3cc(-c4ccc(Cl)cc4)sc3c2=O)cc1. The summed E-state index contributed by atoms with van der Waals surface area (Å²) < 4.78 is 7.52. The van der Waals surface area contributed by atoms with Crippen LogP contribution in [0.5, 0.6) is 5.75 Å². The zero-order valence-electron chi connectivity index (χ0n) is 17.3. The Morgan fingerprint density at radius 1 is 1.19 bits per heavy atom. The quantitative estimate of drug-likeness (QED) is 0.375. The molecule has 0 spiro atoms. The second-order valence-electron chi connectivity index (χ2n) is 7.30. The molecule has 0 saturated carbocycles. The predicted octanol–water partition coefficient (Wildman–Crippen LogP) is 4.81. The topological polar surface area (TPSA) is 81.4 Å². The van der Waals surface area contributed by atoms with Crippen molar-refractivity contribution in [2.75, 3.05) is 6.61 Å². The van der Waals surface area contributed by atoms with Gasteiger partial charge < -0.3 is 9.84 Å². The first-order chi connectivity index (χ1) is 15.4. The lowest BCUT2D eigenvalue weighted by Crippen LogP contribution is -2.30. The van der Waals surface area contributed by atoms with Crippen LogP contribution < -0.4 is 10.3 Å². The molecular weight excluding hydrogens is 448 g/mol. The van der Waals surface area contributed by atoms with Gasteiger partial charge in [0, 0.05) is 21.9 Å². The van der Waals surface area contributed by atoms with Crippen LogP contribution >= 0.6 is 22.9 Å². The van der Waals surface area contributed by atoms with Gasteiger partial charge in [0.25, 0.3) is 5.56 Å². The van der Waals surface area contributed by atoms with E-state index in [0.29, 0.717) is 33.0 Å². The van der Waals surface area contributed by atoms with Gasteiger partial charge >= 0.3 is 0 Å². The van der Waals surface area contributed by atoms with Gasteiger partial charge in [0.1, 0.15) is 23.2 Å². The van der Waals surface area contributed by atoms with E-state index >= 15 is 0 Å². The van der Waals surface area contributed by atoms with Gasteiger partial charge in [0.05, 0.1) is 18.4 Å². The van der Waals surface area contributed by atoms with Crippen molar-refractivity contribution in [3.8, 4) is 16.2 Å². The maximum atomic E-state index is 12.9. The Kier molecular flexibility index (Phi) is 6.69.